The van der Waals surface area contributed by atoms with Crippen molar-refractivity contribution in [1.29, 1.82) is 0 Å². The molecule has 70 valence electrons. The number of para-hydroxylation sites is 1. The number of rotatable bonds is 0. The number of phenols is 1. The van der Waals surface area contributed by atoms with Crippen LogP contribution in [0.25, 0.3) is 0 Å². The lowest BCUT2D eigenvalue weighted by Crippen LogP contribution is -2.40. The van der Waals surface area contributed by atoms with Gasteiger partial charge in [-0.05, 0) is 26.0 Å². The lowest BCUT2D eigenvalue weighted by molar-refractivity contribution is 0.232. The van der Waals surface area contributed by atoms with Crippen LogP contribution < -0.4 is 10.1 Å². The summed E-state index contributed by atoms with van der Waals surface area (Å²) in [4.78, 5) is 0. The van der Waals surface area contributed by atoms with Gasteiger partial charge in [-0.2, -0.15) is 0 Å². The maximum absolute atomic E-state index is 9.46. The molecular weight excluding hydrogens is 166 g/mol. The molecular formula is C10H13NO2. The van der Waals surface area contributed by atoms with Crippen molar-refractivity contribution in [2.45, 2.75) is 19.4 Å². The molecule has 2 rings (SSSR count). The maximum Gasteiger partial charge on any atom is 0.184 e. The van der Waals surface area contributed by atoms with Crippen LogP contribution in [0.2, 0.25) is 0 Å². The summed E-state index contributed by atoms with van der Waals surface area (Å²) >= 11 is 0. The van der Waals surface area contributed by atoms with Crippen LogP contribution in [0.5, 0.6) is 11.5 Å². The van der Waals surface area contributed by atoms with Crippen molar-refractivity contribution in [3.63, 3.8) is 0 Å². The van der Waals surface area contributed by atoms with E-state index in [4.69, 9.17) is 4.74 Å². The Morgan fingerprint density at radius 3 is 3.00 bits per heavy atom. The molecule has 13 heavy (non-hydrogen) atoms. The molecule has 1 aromatic rings. The minimum Gasteiger partial charge on any atom is -0.504 e. The first kappa shape index (κ1) is 8.23. The highest BCUT2D eigenvalue weighted by atomic mass is 16.5. The molecule has 0 amide bonds. The molecule has 0 fully saturated rings. The van der Waals surface area contributed by atoms with E-state index in [9.17, 15) is 5.11 Å². The van der Waals surface area contributed by atoms with Gasteiger partial charge in [0.25, 0.3) is 0 Å². The summed E-state index contributed by atoms with van der Waals surface area (Å²) in [6.45, 7) is 4.68. The summed E-state index contributed by atoms with van der Waals surface area (Å²) in [5, 5.41) is 12.8. The largest absolute Gasteiger partial charge is 0.504 e. The van der Waals surface area contributed by atoms with Crippen molar-refractivity contribution >= 4 is 5.69 Å². The number of ether oxygens (including phenoxy) is 1. The summed E-state index contributed by atoms with van der Waals surface area (Å²) < 4.78 is 5.46. The van der Waals surface area contributed by atoms with Crippen LogP contribution in [0.15, 0.2) is 18.2 Å². The lowest BCUT2D eigenvalue weighted by atomic mass is 10.0. The Labute approximate surface area is 77.3 Å². The van der Waals surface area contributed by atoms with Gasteiger partial charge in [0.15, 0.2) is 11.5 Å². The average molecular weight is 179 g/mol. The van der Waals surface area contributed by atoms with E-state index in [-0.39, 0.29) is 11.3 Å². The molecule has 1 heterocycles. The Bertz CT molecular complexity index is 334. The second-order valence-electron chi connectivity index (χ2n) is 3.95. The van der Waals surface area contributed by atoms with Crippen molar-refractivity contribution < 1.29 is 9.84 Å². The van der Waals surface area contributed by atoms with E-state index in [0.717, 1.165) is 5.69 Å². The normalized spacial score (nSPS) is 18.3. The summed E-state index contributed by atoms with van der Waals surface area (Å²) in [6, 6.07) is 5.32. The van der Waals surface area contributed by atoms with Gasteiger partial charge in [0, 0.05) is 0 Å². The molecule has 1 aliphatic rings. The number of benzene rings is 1. The van der Waals surface area contributed by atoms with Crippen LogP contribution in [0.1, 0.15) is 13.8 Å². The fourth-order valence-corrected chi connectivity index (χ4v) is 1.43. The summed E-state index contributed by atoms with van der Waals surface area (Å²) in [7, 11) is 0. The van der Waals surface area contributed by atoms with Gasteiger partial charge in [0.05, 0.1) is 11.2 Å². The number of fused-ring (bicyclic) bond motifs is 1. The molecule has 0 aliphatic carbocycles. The molecule has 0 aromatic heterocycles. The number of nitrogens with one attached hydrogen (secondary N) is 1. The first-order chi connectivity index (χ1) is 6.08. The van der Waals surface area contributed by atoms with Crippen molar-refractivity contribution in [3.8, 4) is 11.5 Å². The smallest absolute Gasteiger partial charge is 0.184 e. The number of hydrogen-bond acceptors (Lipinski definition) is 3. The second kappa shape index (κ2) is 2.55. The van der Waals surface area contributed by atoms with Crippen molar-refractivity contribution in [1.82, 2.24) is 0 Å². The van der Waals surface area contributed by atoms with Crippen LogP contribution in [0, 0.1) is 0 Å². The molecule has 0 unspecified atom stereocenters. The molecule has 1 aliphatic heterocycles. The molecule has 0 spiro atoms. The molecule has 0 atom stereocenters. The average Bonchev–Trinajstić information content (AvgIpc) is 2.02. The monoisotopic (exact) mass is 179 g/mol. The Balaban J connectivity index is 2.42. The van der Waals surface area contributed by atoms with E-state index in [1.807, 2.05) is 6.07 Å². The van der Waals surface area contributed by atoms with Gasteiger partial charge in [-0.1, -0.05) is 6.07 Å². The molecule has 0 saturated heterocycles. The Morgan fingerprint density at radius 2 is 2.23 bits per heavy atom. The van der Waals surface area contributed by atoms with Gasteiger partial charge in [0.2, 0.25) is 0 Å². The van der Waals surface area contributed by atoms with Crippen molar-refractivity contribution in [2.24, 2.45) is 0 Å². The molecule has 2 N–H and O–H groups in total. The molecule has 0 saturated carbocycles. The predicted molar refractivity (Wildman–Crippen MR) is 51.3 cm³/mol. The highest BCUT2D eigenvalue weighted by molar-refractivity contribution is 5.65. The number of anilines is 1. The quantitative estimate of drug-likeness (QED) is 0.639. The molecule has 0 bridgehead atoms. The standard InChI is InChI=1S/C10H13NO2/c1-10(2)6-13-9-7(11-10)4-3-5-8(9)12/h3-5,11-12H,6H2,1-2H3. The van der Waals surface area contributed by atoms with Crippen molar-refractivity contribution in [3.05, 3.63) is 18.2 Å². The van der Waals surface area contributed by atoms with Gasteiger partial charge in [0.1, 0.15) is 6.61 Å². The number of aromatic hydroxyl groups is 1. The van der Waals surface area contributed by atoms with Crippen LogP contribution in [0.3, 0.4) is 0 Å². The minimum absolute atomic E-state index is 0.0687. The first-order valence-corrected chi connectivity index (χ1v) is 4.31. The lowest BCUT2D eigenvalue weighted by Gasteiger charge is -2.33. The van der Waals surface area contributed by atoms with Gasteiger partial charge in [-0.25, -0.2) is 0 Å². The maximum atomic E-state index is 9.46. The zero-order chi connectivity index (χ0) is 9.47. The number of hydrogen-bond donors (Lipinski definition) is 2. The Morgan fingerprint density at radius 1 is 1.46 bits per heavy atom. The highest BCUT2D eigenvalue weighted by Gasteiger charge is 2.26. The van der Waals surface area contributed by atoms with E-state index in [2.05, 4.69) is 19.2 Å². The van der Waals surface area contributed by atoms with Gasteiger partial charge >= 0.3 is 0 Å². The third-order valence-corrected chi connectivity index (χ3v) is 2.04. The van der Waals surface area contributed by atoms with E-state index in [0.29, 0.717) is 12.4 Å². The third kappa shape index (κ3) is 1.41. The Kier molecular flexibility index (Phi) is 1.62. The fraction of sp³-hybridized carbons (Fsp3) is 0.400. The topological polar surface area (TPSA) is 41.5 Å². The zero-order valence-electron chi connectivity index (χ0n) is 7.79. The predicted octanol–water partition coefficient (Wildman–Crippen LogP) is 1.98. The molecule has 3 nitrogen and oxygen atoms in total. The van der Waals surface area contributed by atoms with Crippen LogP contribution in [-0.2, 0) is 0 Å². The molecule has 0 radical (unpaired) electrons. The van der Waals surface area contributed by atoms with Crippen LogP contribution in [0.4, 0.5) is 5.69 Å². The zero-order valence-corrected chi connectivity index (χ0v) is 7.79. The second-order valence-corrected chi connectivity index (χ2v) is 3.95. The summed E-state index contributed by atoms with van der Waals surface area (Å²) in [5.74, 6) is 0.752. The Hall–Kier alpha value is -1.38. The highest BCUT2D eigenvalue weighted by Crippen LogP contribution is 2.38. The first-order valence-electron chi connectivity index (χ1n) is 4.31. The summed E-state index contributed by atoms with van der Waals surface area (Å²) in [6.07, 6.45) is 0. The summed E-state index contributed by atoms with van der Waals surface area (Å²) in [5.41, 5.74) is 0.789. The van der Waals surface area contributed by atoms with E-state index in [1.54, 1.807) is 12.1 Å². The molecule has 1 aromatic carbocycles. The van der Waals surface area contributed by atoms with Crippen molar-refractivity contribution in [2.75, 3.05) is 11.9 Å². The van der Waals surface area contributed by atoms with Gasteiger partial charge in [-0.3, -0.25) is 0 Å². The van der Waals surface area contributed by atoms with Crippen LogP contribution in [-0.4, -0.2) is 17.3 Å². The van der Waals surface area contributed by atoms with E-state index < -0.39 is 0 Å². The SMILES string of the molecule is CC1(C)COc2c(O)cccc2N1. The van der Waals surface area contributed by atoms with Gasteiger partial charge in [-0.15, -0.1) is 0 Å². The third-order valence-electron chi connectivity index (χ3n) is 2.04. The molecule has 3 heteroatoms. The van der Waals surface area contributed by atoms with E-state index >= 15 is 0 Å². The van der Waals surface area contributed by atoms with E-state index in [1.165, 1.54) is 0 Å². The van der Waals surface area contributed by atoms with Crippen LogP contribution >= 0.6 is 0 Å². The fourth-order valence-electron chi connectivity index (χ4n) is 1.43. The van der Waals surface area contributed by atoms with Gasteiger partial charge < -0.3 is 15.2 Å². The minimum atomic E-state index is -0.0687. The number of phenolic OH excluding ortho intramolecular Hbond substituents is 1.